The zero-order valence-corrected chi connectivity index (χ0v) is 18.6. The molecule has 0 amide bonds. The quantitative estimate of drug-likeness (QED) is 0.352. The van der Waals surface area contributed by atoms with Crippen LogP contribution in [0.25, 0.3) is 15.9 Å². The smallest absolute Gasteiger partial charge is 0.163 e. The number of carbonyl (C=O) groups excluding carboxylic acids is 1. The van der Waals surface area contributed by atoms with Crippen LogP contribution in [0.2, 0.25) is 0 Å². The molecule has 0 spiro atoms. The lowest BCUT2D eigenvalue weighted by Gasteiger charge is -2.07. The number of Topliss-reactive ketones (excluding diaryl/α,β-unsaturated/α-hetero) is 1. The topological polar surface area (TPSA) is 55.7 Å². The molecule has 0 fully saturated rings. The number of halogens is 1. The monoisotopic (exact) mass is 439 g/mol. The van der Waals surface area contributed by atoms with Crippen molar-refractivity contribution in [3.8, 4) is 0 Å². The van der Waals surface area contributed by atoms with E-state index in [9.17, 15) is 4.79 Å². The number of fused-ring (bicyclic) bond motifs is 2. The first-order chi connectivity index (χ1) is 15.5. The number of nitrogens with zero attached hydrogens (tertiary/aromatic N) is 3. The van der Waals surface area contributed by atoms with Gasteiger partial charge in [0.25, 0.3) is 0 Å². The maximum Gasteiger partial charge on any atom is 0.163 e. The summed E-state index contributed by atoms with van der Waals surface area (Å²) in [6.07, 6.45) is 8.05. The van der Waals surface area contributed by atoms with Gasteiger partial charge in [0.15, 0.2) is 5.78 Å². The molecule has 0 bridgehead atoms. The summed E-state index contributed by atoms with van der Waals surface area (Å²) < 4.78 is 0. The molecule has 32 heavy (non-hydrogen) atoms. The third kappa shape index (κ3) is 4.32. The lowest BCUT2D eigenvalue weighted by Crippen LogP contribution is -2.05. The number of carbonyl (C=O) groups is 1. The minimum absolute atomic E-state index is 0.0934. The molecule has 1 aromatic carbocycles. The summed E-state index contributed by atoms with van der Waals surface area (Å²) in [4.78, 5) is 26.4. The third-order valence-electron chi connectivity index (χ3n) is 5.78. The van der Waals surface area contributed by atoms with Crippen molar-refractivity contribution in [1.82, 2.24) is 15.0 Å². The fourth-order valence-electron chi connectivity index (χ4n) is 4.08. The second kappa shape index (κ2) is 8.64. The van der Waals surface area contributed by atoms with Gasteiger partial charge in [0, 0.05) is 47.6 Å². The molecule has 0 aliphatic heterocycles. The standard InChI is InChI=1S/C27H22ClN3O/c1-17-12-21-13-18(2-8-25(21)30-16-17)14-23-15-20(10-11-29-23)26(32)9-6-22-5-3-19-4-7-24(28)27(19)31-22/h2-3,5,7-8,10-13,15-16H,4,6,9,14H2,1H3. The predicted octanol–water partition coefficient (Wildman–Crippen LogP) is 5.88. The van der Waals surface area contributed by atoms with Gasteiger partial charge in [-0.25, -0.2) is 0 Å². The molecule has 3 aromatic heterocycles. The number of aromatic nitrogens is 3. The van der Waals surface area contributed by atoms with E-state index in [0.29, 0.717) is 29.9 Å². The molecular weight excluding hydrogens is 418 g/mol. The highest BCUT2D eigenvalue weighted by molar-refractivity contribution is 6.49. The highest BCUT2D eigenvalue weighted by Gasteiger charge is 2.15. The van der Waals surface area contributed by atoms with Crippen molar-refractivity contribution in [3.05, 3.63) is 106 Å². The first kappa shape index (κ1) is 20.5. The summed E-state index contributed by atoms with van der Waals surface area (Å²) in [5, 5.41) is 1.82. The van der Waals surface area contributed by atoms with Crippen LogP contribution in [0.4, 0.5) is 0 Å². The summed E-state index contributed by atoms with van der Waals surface area (Å²) in [5.41, 5.74) is 7.71. The van der Waals surface area contributed by atoms with Crippen molar-refractivity contribution >= 4 is 33.3 Å². The SMILES string of the molecule is Cc1cnc2ccc(Cc3cc(C(=O)CCc4ccc5c(n4)C(Cl)=CC5)ccn3)cc2c1. The lowest BCUT2D eigenvalue weighted by molar-refractivity contribution is 0.0982. The van der Waals surface area contributed by atoms with Crippen LogP contribution in [-0.2, 0) is 19.3 Å². The lowest BCUT2D eigenvalue weighted by atomic mass is 10.0. The molecule has 5 rings (SSSR count). The van der Waals surface area contributed by atoms with Crippen molar-refractivity contribution in [2.24, 2.45) is 0 Å². The molecule has 0 N–H and O–H groups in total. The second-order valence-electron chi connectivity index (χ2n) is 8.24. The number of rotatable bonds is 6. The number of aryl methyl sites for hydroxylation is 2. The van der Waals surface area contributed by atoms with Gasteiger partial charge >= 0.3 is 0 Å². The maximum atomic E-state index is 12.8. The fourth-order valence-corrected chi connectivity index (χ4v) is 4.32. The van der Waals surface area contributed by atoms with Gasteiger partial charge in [0.2, 0.25) is 0 Å². The maximum absolute atomic E-state index is 12.8. The van der Waals surface area contributed by atoms with E-state index in [2.05, 4.69) is 39.2 Å². The number of hydrogen-bond donors (Lipinski definition) is 0. The van der Waals surface area contributed by atoms with E-state index in [1.54, 1.807) is 12.3 Å². The molecule has 3 heterocycles. The van der Waals surface area contributed by atoms with E-state index in [-0.39, 0.29) is 5.78 Å². The Hall–Kier alpha value is -3.37. The van der Waals surface area contributed by atoms with Crippen LogP contribution in [0.1, 0.15) is 50.6 Å². The summed E-state index contributed by atoms with van der Waals surface area (Å²) in [7, 11) is 0. The van der Waals surface area contributed by atoms with Crippen LogP contribution in [0, 0.1) is 6.92 Å². The molecule has 0 saturated heterocycles. The van der Waals surface area contributed by atoms with Gasteiger partial charge in [-0.3, -0.25) is 19.7 Å². The molecule has 158 valence electrons. The highest BCUT2D eigenvalue weighted by Crippen LogP contribution is 2.28. The zero-order valence-electron chi connectivity index (χ0n) is 17.8. The Labute approximate surface area is 192 Å². The minimum Gasteiger partial charge on any atom is -0.294 e. The first-order valence-corrected chi connectivity index (χ1v) is 11.1. The average molecular weight is 440 g/mol. The van der Waals surface area contributed by atoms with Crippen LogP contribution in [0.3, 0.4) is 0 Å². The Balaban J connectivity index is 1.28. The van der Waals surface area contributed by atoms with Crippen LogP contribution in [0.15, 0.2) is 67.0 Å². The number of allylic oxidation sites excluding steroid dienone is 1. The minimum atomic E-state index is 0.0934. The van der Waals surface area contributed by atoms with Crippen molar-refractivity contribution in [2.75, 3.05) is 0 Å². The van der Waals surface area contributed by atoms with Crippen LogP contribution < -0.4 is 0 Å². The van der Waals surface area contributed by atoms with Crippen molar-refractivity contribution in [2.45, 2.75) is 32.6 Å². The van der Waals surface area contributed by atoms with E-state index >= 15 is 0 Å². The molecule has 0 unspecified atom stereocenters. The third-order valence-corrected chi connectivity index (χ3v) is 6.11. The predicted molar refractivity (Wildman–Crippen MR) is 128 cm³/mol. The second-order valence-corrected chi connectivity index (χ2v) is 8.65. The number of benzene rings is 1. The number of hydrogen-bond acceptors (Lipinski definition) is 4. The summed E-state index contributed by atoms with van der Waals surface area (Å²) in [6.45, 7) is 2.04. The molecule has 0 atom stereocenters. The Morgan fingerprint density at radius 3 is 2.84 bits per heavy atom. The van der Waals surface area contributed by atoms with Gasteiger partial charge in [-0.1, -0.05) is 29.8 Å². The van der Waals surface area contributed by atoms with Gasteiger partial charge in [-0.15, -0.1) is 0 Å². The fraction of sp³-hybridized carbons (Fsp3) is 0.185. The Morgan fingerprint density at radius 2 is 1.94 bits per heavy atom. The van der Waals surface area contributed by atoms with E-state index in [0.717, 1.165) is 51.1 Å². The average Bonchev–Trinajstić information content (AvgIpc) is 3.17. The first-order valence-electron chi connectivity index (χ1n) is 10.7. The summed E-state index contributed by atoms with van der Waals surface area (Å²) in [6, 6.07) is 16.1. The molecule has 1 aliphatic carbocycles. The summed E-state index contributed by atoms with van der Waals surface area (Å²) in [5.74, 6) is 0.0934. The van der Waals surface area contributed by atoms with Gasteiger partial charge < -0.3 is 0 Å². The van der Waals surface area contributed by atoms with Crippen LogP contribution in [0.5, 0.6) is 0 Å². The Kier molecular flexibility index (Phi) is 5.54. The van der Waals surface area contributed by atoms with E-state index in [1.165, 1.54) is 0 Å². The normalized spacial score (nSPS) is 12.6. The largest absolute Gasteiger partial charge is 0.294 e. The molecule has 0 saturated carbocycles. The van der Waals surface area contributed by atoms with Crippen molar-refractivity contribution in [3.63, 3.8) is 0 Å². The van der Waals surface area contributed by atoms with Crippen molar-refractivity contribution < 1.29 is 4.79 Å². The Bertz CT molecular complexity index is 1380. The highest BCUT2D eigenvalue weighted by atomic mass is 35.5. The molecule has 5 heteroatoms. The van der Waals surface area contributed by atoms with Crippen molar-refractivity contribution in [1.29, 1.82) is 0 Å². The zero-order chi connectivity index (χ0) is 22.1. The molecule has 4 aromatic rings. The van der Waals surface area contributed by atoms with E-state index in [1.807, 2.05) is 37.4 Å². The van der Waals surface area contributed by atoms with Gasteiger partial charge in [-0.05, 0) is 72.9 Å². The van der Waals surface area contributed by atoms with Gasteiger partial charge in [0.1, 0.15) is 0 Å². The molecule has 1 aliphatic rings. The Morgan fingerprint density at radius 1 is 1.03 bits per heavy atom. The number of pyridine rings is 3. The van der Waals surface area contributed by atoms with E-state index in [4.69, 9.17) is 11.6 Å². The summed E-state index contributed by atoms with van der Waals surface area (Å²) >= 11 is 6.22. The van der Waals surface area contributed by atoms with E-state index < -0.39 is 0 Å². The molecular formula is C27H22ClN3O. The molecule has 4 nitrogen and oxygen atoms in total. The van der Waals surface area contributed by atoms with Crippen LogP contribution >= 0.6 is 11.6 Å². The molecule has 0 radical (unpaired) electrons. The van der Waals surface area contributed by atoms with Gasteiger partial charge in [-0.2, -0.15) is 0 Å². The van der Waals surface area contributed by atoms with Crippen LogP contribution in [-0.4, -0.2) is 20.7 Å². The number of ketones is 1. The van der Waals surface area contributed by atoms with Gasteiger partial charge in [0.05, 0.1) is 16.2 Å².